The van der Waals surface area contributed by atoms with Gasteiger partial charge in [0.1, 0.15) is 19.0 Å². The summed E-state index contributed by atoms with van der Waals surface area (Å²) in [7, 11) is 1.47. The minimum absolute atomic E-state index is 0.216. The number of nitrogens with one attached hydrogen (secondary N) is 1. The Morgan fingerprint density at radius 3 is 3.00 bits per heavy atom. The zero-order chi connectivity index (χ0) is 11.5. The van der Waals surface area contributed by atoms with E-state index in [1.807, 2.05) is 0 Å². The molecule has 1 aliphatic rings. The van der Waals surface area contributed by atoms with Gasteiger partial charge in [-0.05, 0) is 15.9 Å². The quantitative estimate of drug-likeness (QED) is 0.865. The second kappa shape index (κ2) is 4.99. The minimum Gasteiger partial charge on any atom is -0.486 e. The van der Waals surface area contributed by atoms with Crippen LogP contribution in [-0.2, 0) is 11.4 Å². The standard InChI is InChI=1S/C10H11BrFNO3/c1-14-13-5-6-9(12)7(11)4-8-10(6)16-3-2-15-8/h4,13H,2-3,5H2,1H3. The number of hydrogen-bond acceptors (Lipinski definition) is 4. The van der Waals surface area contributed by atoms with Crippen LogP contribution < -0.4 is 15.0 Å². The highest BCUT2D eigenvalue weighted by atomic mass is 79.9. The van der Waals surface area contributed by atoms with Crippen LogP contribution in [0.2, 0.25) is 0 Å². The third-order valence-electron chi connectivity index (χ3n) is 2.21. The summed E-state index contributed by atoms with van der Waals surface area (Å²) in [6.45, 7) is 1.11. The summed E-state index contributed by atoms with van der Waals surface area (Å²) in [6, 6.07) is 1.57. The Labute approximate surface area is 101 Å². The lowest BCUT2D eigenvalue weighted by Crippen LogP contribution is -2.20. The monoisotopic (exact) mass is 291 g/mol. The van der Waals surface area contributed by atoms with Gasteiger partial charge >= 0.3 is 0 Å². The van der Waals surface area contributed by atoms with Gasteiger partial charge in [-0.25, -0.2) is 4.39 Å². The number of hydroxylamine groups is 1. The molecule has 0 amide bonds. The van der Waals surface area contributed by atoms with Gasteiger partial charge in [-0.1, -0.05) is 0 Å². The van der Waals surface area contributed by atoms with Crippen molar-refractivity contribution in [1.29, 1.82) is 0 Å². The second-order valence-corrected chi connectivity index (χ2v) is 4.05. The highest BCUT2D eigenvalue weighted by Gasteiger charge is 2.22. The molecule has 0 aliphatic carbocycles. The first kappa shape index (κ1) is 11.6. The Bertz CT molecular complexity index is 400. The molecule has 1 heterocycles. The van der Waals surface area contributed by atoms with Crippen LogP contribution in [0.3, 0.4) is 0 Å². The molecule has 0 fully saturated rings. The SMILES string of the molecule is CONCc1c(F)c(Br)cc2c1OCCO2. The molecule has 1 aromatic rings. The summed E-state index contributed by atoms with van der Waals surface area (Å²) in [4.78, 5) is 4.70. The van der Waals surface area contributed by atoms with E-state index in [1.165, 1.54) is 7.11 Å². The largest absolute Gasteiger partial charge is 0.486 e. The molecule has 1 aromatic carbocycles. The van der Waals surface area contributed by atoms with Crippen molar-refractivity contribution < 1.29 is 18.7 Å². The zero-order valence-electron chi connectivity index (χ0n) is 8.68. The van der Waals surface area contributed by atoms with Crippen LogP contribution in [0.4, 0.5) is 4.39 Å². The van der Waals surface area contributed by atoms with Crippen molar-refractivity contribution >= 4 is 15.9 Å². The van der Waals surface area contributed by atoms with Gasteiger partial charge in [0.15, 0.2) is 11.5 Å². The van der Waals surface area contributed by atoms with Crippen LogP contribution in [0.5, 0.6) is 11.5 Å². The fourth-order valence-electron chi connectivity index (χ4n) is 1.50. The number of benzene rings is 1. The van der Waals surface area contributed by atoms with Crippen LogP contribution in [0.25, 0.3) is 0 Å². The summed E-state index contributed by atoms with van der Waals surface area (Å²) in [5.41, 5.74) is 2.98. The van der Waals surface area contributed by atoms with E-state index in [1.54, 1.807) is 6.07 Å². The predicted molar refractivity (Wildman–Crippen MR) is 58.9 cm³/mol. The fraction of sp³-hybridized carbons (Fsp3) is 0.400. The molecule has 16 heavy (non-hydrogen) atoms. The number of rotatable bonds is 3. The van der Waals surface area contributed by atoms with Gasteiger partial charge in [0, 0.05) is 6.07 Å². The van der Waals surface area contributed by atoms with E-state index in [-0.39, 0.29) is 12.4 Å². The van der Waals surface area contributed by atoms with Crippen molar-refractivity contribution in [3.8, 4) is 11.5 Å². The lowest BCUT2D eigenvalue weighted by molar-refractivity contribution is 0.0838. The smallest absolute Gasteiger partial charge is 0.168 e. The number of hydrogen-bond donors (Lipinski definition) is 1. The number of fused-ring (bicyclic) bond motifs is 1. The molecular formula is C10H11BrFNO3. The lowest BCUT2D eigenvalue weighted by atomic mass is 10.1. The molecular weight excluding hydrogens is 281 g/mol. The van der Waals surface area contributed by atoms with Crippen LogP contribution >= 0.6 is 15.9 Å². The average molecular weight is 292 g/mol. The molecule has 6 heteroatoms. The van der Waals surface area contributed by atoms with E-state index in [0.717, 1.165) is 0 Å². The highest BCUT2D eigenvalue weighted by Crippen LogP contribution is 2.39. The molecule has 88 valence electrons. The van der Waals surface area contributed by atoms with E-state index in [0.29, 0.717) is 34.7 Å². The van der Waals surface area contributed by atoms with Gasteiger partial charge in [0.05, 0.1) is 23.7 Å². The fourth-order valence-corrected chi connectivity index (χ4v) is 1.95. The number of halogens is 2. The maximum Gasteiger partial charge on any atom is 0.168 e. The topological polar surface area (TPSA) is 39.7 Å². The van der Waals surface area contributed by atoms with Gasteiger partial charge in [-0.3, -0.25) is 0 Å². The maximum absolute atomic E-state index is 13.8. The predicted octanol–water partition coefficient (Wildman–Crippen LogP) is 2.01. The normalized spacial score (nSPS) is 13.9. The summed E-state index contributed by atoms with van der Waals surface area (Å²) >= 11 is 3.14. The van der Waals surface area contributed by atoms with E-state index in [4.69, 9.17) is 14.3 Å². The first-order valence-corrected chi connectivity index (χ1v) is 5.55. The molecule has 0 bridgehead atoms. The molecule has 0 saturated carbocycles. The van der Waals surface area contributed by atoms with Crippen LogP contribution in [0.15, 0.2) is 10.5 Å². The summed E-state index contributed by atoms with van der Waals surface area (Å²) in [5, 5.41) is 0. The van der Waals surface area contributed by atoms with E-state index in [2.05, 4.69) is 21.4 Å². The first-order valence-electron chi connectivity index (χ1n) is 4.76. The van der Waals surface area contributed by atoms with Gasteiger partial charge in [-0.15, -0.1) is 0 Å². The van der Waals surface area contributed by atoms with E-state index < -0.39 is 0 Å². The molecule has 0 unspecified atom stereocenters. The van der Waals surface area contributed by atoms with Gasteiger partial charge < -0.3 is 14.3 Å². The Kier molecular flexibility index (Phi) is 3.63. The Morgan fingerprint density at radius 1 is 1.50 bits per heavy atom. The van der Waals surface area contributed by atoms with Crippen molar-refractivity contribution in [1.82, 2.24) is 5.48 Å². The molecule has 0 radical (unpaired) electrons. The average Bonchev–Trinajstić information content (AvgIpc) is 2.30. The minimum atomic E-state index is -0.367. The molecule has 1 N–H and O–H groups in total. The molecule has 0 spiro atoms. The van der Waals surface area contributed by atoms with Crippen LogP contribution in [0.1, 0.15) is 5.56 Å². The Balaban J connectivity index is 2.41. The van der Waals surface area contributed by atoms with Gasteiger partial charge in [-0.2, -0.15) is 5.48 Å². The molecule has 0 aromatic heterocycles. The first-order chi connectivity index (χ1) is 7.74. The molecule has 0 atom stereocenters. The van der Waals surface area contributed by atoms with Crippen molar-refractivity contribution in [2.24, 2.45) is 0 Å². The molecule has 4 nitrogen and oxygen atoms in total. The highest BCUT2D eigenvalue weighted by molar-refractivity contribution is 9.10. The molecule has 2 rings (SSSR count). The second-order valence-electron chi connectivity index (χ2n) is 3.20. The van der Waals surface area contributed by atoms with Crippen molar-refractivity contribution in [3.63, 3.8) is 0 Å². The third kappa shape index (κ3) is 2.14. The summed E-state index contributed by atoms with van der Waals surface area (Å²) < 4.78 is 25.0. The van der Waals surface area contributed by atoms with Gasteiger partial charge in [0.2, 0.25) is 0 Å². The Hall–Kier alpha value is -0.850. The van der Waals surface area contributed by atoms with Crippen LogP contribution in [-0.4, -0.2) is 20.3 Å². The third-order valence-corrected chi connectivity index (χ3v) is 2.79. The summed E-state index contributed by atoms with van der Waals surface area (Å²) in [5.74, 6) is 0.623. The molecule has 1 aliphatic heterocycles. The van der Waals surface area contributed by atoms with Gasteiger partial charge in [0.25, 0.3) is 0 Å². The van der Waals surface area contributed by atoms with Crippen molar-refractivity contribution in [2.45, 2.75) is 6.54 Å². The lowest BCUT2D eigenvalue weighted by Gasteiger charge is -2.22. The molecule has 0 saturated heterocycles. The van der Waals surface area contributed by atoms with E-state index >= 15 is 0 Å². The number of ether oxygens (including phenoxy) is 2. The van der Waals surface area contributed by atoms with E-state index in [9.17, 15) is 4.39 Å². The van der Waals surface area contributed by atoms with Crippen molar-refractivity contribution in [3.05, 3.63) is 21.9 Å². The van der Waals surface area contributed by atoms with Crippen LogP contribution in [0, 0.1) is 5.82 Å². The van der Waals surface area contributed by atoms with Crippen molar-refractivity contribution in [2.75, 3.05) is 20.3 Å². The maximum atomic E-state index is 13.8. The zero-order valence-corrected chi connectivity index (χ0v) is 10.3. The summed E-state index contributed by atoms with van der Waals surface area (Å²) in [6.07, 6.45) is 0. The Morgan fingerprint density at radius 2 is 2.25 bits per heavy atom.